The van der Waals surface area contributed by atoms with Gasteiger partial charge in [-0.3, -0.25) is 4.79 Å². The van der Waals surface area contributed by atoms with Crippen molar-refractivity contribution in [2.24, 2.45) is 17.6 Å². The Morgan fingerprint density at radius 1 is 1.44 bits per heavy atom. The molecule has 2 aliphatic rings. The number of rotatable bonds is 4. The molecule has 2 aliphatic heterocycles. The molecule has 2 rings (SSSR count). The van der Waals surface area contributed by atoms with Crippen LogP contribution < -0.4 is 11.1 Å². The molecule has 3 unspecified atom stereocenters. The smallest absolute Gasteiger partial charge is 0.222 e. The molecular weight excluding hydrogens is 226 g/mol. The van der Waals surface area contributed by atoms with Gasteiger partial charge < -0.3 is 16.0 Å². The maximum atomic E-state index is 12.3. The lowest BCUT2D eigenvalue weighted by Gasteiger charge is -2.39. The second-order valence-corrected chi connectivity index (χ2v) is 5.91. The van der Waals surface area contributed by atoms with Crippen LogP contribution in [0.1, 0.15) is 39.0 Å². The van der Waals surface area contributed by atoms with E-state index in [2.05, 4.69) is 17.1 Å². The molecule has 0 spiro atoms. The number of nitrogens with two attached hydrogens (primary N) is 1. The summed E-state index contributed by atoms with van der Waals surface area (Å²) in [7, 11) is 0. The van der Waals surface area contributed by atoms with Crippen molar-refractivity contribution >= 4 is 5.91 Å². The third-order valence-electron chi connectivity index (χ3n) is 4.61. The van der Waals surface area contributed by atoms with E-state index in [-0.39, 0.29) is 6.04 Å². The predicted octanol–water partition coefficient (Wildman–Crippen LogP) is 0.962. The second-order valence-electron chi connectivity index (χ2n) is 5.91. The highest BCUT2D eigenvalue weighted by atomic mass is 16.2. The Hall–Kier alpha value is -0.610. The van der Waals surface area contributed by atoms with Crippen molar-refractivity contribution in [3.8, 4) is 0 Å². The number of carbonyl (C=O) groups excluding carboxylic acids is 1. The van der Waals surface area contributed by atoms with E-state index in [1.165, 1.54) is 12.8 Å². The monoisotopic (exact) mass is 253 g/mol. The molecule has 3 atom stereocenters. The lowest BCUT2D eigenvalue weighted by Crippen LogP contribution is -2.51. The highest BCUT2D eigenvalue weighted by molar-refractivity contribution is 5.76. The first kappa shape index (κ1) is 13.8. The summed E-state index contributed by atoms with van der Waals surface area (Å²) in [6, 6.07) is 0.271. The Balaban J connectivity index is 1.82. The number of hydrogen-bond donors (Lipinski definition) is 2. The molecule has 0 radical (unpaired) electrons. The van der Waals surface area contributed by atoms with E-state index in [0.29, 0.717) is 30.7 Å². The Bertz CT molecular complexity index is 276. The zero-order valence-corrected chi connectivity index (χ0v) is 11.5. The molecule has 3 N–H and O–H groups in total. The molecule has 0 aromatic rings. The first-order chi connectivity index (χ1) is 8.72. The van der Waals surface area contributed by atoms with Crippen molar-refractivity contribution in [1.82, 2.24) is 10.2 Å². The van der Waals surface area contributed by atoms with Crippen LogP contribution in [-0.4, -0.2) is 43.0 Å². The van der Waals surface area contributed by atoms with Crippen molar-refractivity contribution < 1.29 is 4.79 Å². The minimum absolute atomic E-state index is 0.271. The summed E-state index contributed by atoms with van der Waals surface area (Å²) in [6.07, 6.45) is 5.31. The fourth-order valence-electron chi connectivity index (χ4n) is 3.35. The zero-order chi connectivity index (χ0) is 13.0. The van der Waals surface area contributed by atoms with Gasteiger partial charge in [-0.2, -0.15) is 0 Å². The minimum Gasteiger partial charge on any atom is -0.338 e. The number of amides is 1. The van der Waals surface area contributed by atoms with Gasteiger partial charge in [0, 0.05) is 25.6 Å². The second kappa shape index (κ2) is 6.53. The molecular formula is C14H27N3O. The number of carbonyl (C=O) groups is 1. The van der Waals surface area contributed by atoms with Gasteiger partial charge in [0.2, 0.25) is 5.91 Å². The number of hydrogen-bond acceptors (Lipinski definition) is 3. The maximum absolute atomic E-state index is 12.3. The average molecular weight is 253 g/mol. The molecule has 0 bridgehead atoms. The lowest BCUT2D eigenvalue weighted by molar-refractivity contribution is -0.136. The van der Waals surface area contributed by atoms with E-state index in [0.717, 1.165) is 32.5 Å². The fraction of sp³-hybridized carbons (Fsp3) is 0.929. The molecule has 0 aromatic heterocycles. The first-order valence-electron chi connectivity index (χ1n) is 7.42. The summed E-state index contributed by atoms with van der Waals surface area (Å²) in [5, 5.41) is 3.36. The summed E-state index contributed by atoms with van der Waals surface area (Å²) < 4.78 is 0. The molecule has 18 heavy (non-hydrogen) atoms. The van der Waals surface area contributed by atoms with Gasteiger partial charge in [0.1, 0.15) is 0 Å². The van der Waals surface area contributed by atoms with E-state index in [9.17, 15) is 4.79 Å². The summed E-state index contributed by atoms with van der Waals surface area (Å²) in [5.41, 5.74) is 5.84. The van der Waals surface area contributed by atoms with Crippen LogP contribution in [0.5, 0.6) is 0 Å². The normalized spacial score (nSPS) is 32.8. The van der Waals surface area contributed by atoms with E-state index in [1.807, 2.05) is 0 Å². The predicted molar refractivity (Wildman–Crippen MR) is 73.2 cm³/mol. The molecule has 2 heterocycles. The summed E-state index contributed by atoms with van der Waals surface area (Å²) in [4.78, 5) is 14.4. The van der Waals surface area contributed by atoms with Crippen LogP contribution in [-0.2, 0) is 4.79 Å². The Kier molecular flexibility index (Phi) is 5.01. The Morgan fingerprint density at radius 3 is 2.94 bits per heavy atom. The Morgan fingerprint density at radius 2 is 2.28 bits per heavy atom. The highest BCUT2D eigenvalue weighted by Crippen LogP contribution is 2.24. The standard InChI is InChI=1S/C14H27N3O/c1-11-3-2-8-17(13(11)9-15)14(18)5-4-12-6-7-16-10-12/h11-13,16H,2-10,15H2,1H3. The van der Waals surface area contributed by atoms with Gasteiger partial charge in [-0.05, 0) is 50.6 Å². The van der Waals surface area contributed by atoms with E-state index in [4.69, 9.17) is 5.73 Å². The van der Waals surface area contributed by atoms with Gasteiger partial charge in [-0.15, -0.1) is 0 Å². The van der Waals surface area contributed by atoms with Crippen LogP contribution in [0.15, 0.2) is 0 Å². The van der Waals surface area contributed by atoms with Gasteiger partial charge >= 0.3 is 0 Å². The number of nitrogens with one attached hydrogen (secondary N) is 1. The topological polar surface area (TPSA) is 58.4 Å². The Labute approximate surface area is 110 Å². The van der Waals surface area contributed by atoms with Gasteiger partial charge in [0.05, 0.1) is 0 Å². The van der Waals surface area contributed by atoms with Crippen molar-refractivity contribution in [1.29, 1.82) is 0 Å². The first-order valence-corrected chi connectivity index (χ1v) is 7.42. The molecule has 0 saturated carbocycles. The summed E-state index contributed by atoms with van der Waals surface area (Å²) in [6.45, 7) is 5.94. The van der Waals surface area contributed by atoms with Crippen LogP contribution in [0.2, 0.25) is 0 Å². The average Bonchev–Trinajstić information content (AvgIpc) is 2.88. The van der Waals surface area contributed by atoms with Gasteiger partial charge in [-0.25, -0.2) is 0 Å². The van der Waals surface area contributed by atoms with Crippen LogP contribution in [0.25, 0.3) is 0 Å². The molecule has 4 heteroatoms. The summed E-state index contributed by atoms with van der Waals surface area (Å²) >= 11 is 0. The largest absolute Gasteiger partial charge is 0.338 e. The molecule has 2 fully saturated rings. The van der Waals surface area contributed by atoms with E-state index in [1.54, 1.807) is 0 Å². The third-order valence-corrected chi connectivity index (χ3v) is 4.61. The number of piperidine rings is 1. The van der Waals surface area contributed by atoms with Crippen molar-refractivity contribution in [2.75, 3.05) is 26.2 Å². The molecule has 0 aromatic carbocycles. The highest BCUT2D eigenvalue weighted by Gasteiger charge is 2.30. The van der Waals surface area contributed by atoms with Crippen LogP contribution in [0, 0.1) is 11.8 Å². The molecule has 1 amide bonds. The molecule has 104 valence electrons. The van der Waals surface area contributed by atoms with Gasteiger partial charge in [0.25, 0.3) is 0 Å². The molecule has 4 nitrogen and oxygen atoms in total. The third kappa shape index (κ3) is 3.23. The zero-order valence-electron chi connectivity index (χ0n) is 11.5. The van der Waals surface area contributed by atoms with Crippen molar-refractivity contribution in [3.05, 3.63) is 0 Å². The van der Waals surface area contributed by atoms with Crippen LogP contribution >= 0.6 is 0 Å². The number of nitrogens with zero attached hydrogens (tertiary/aromatic N) is 1. The number of likely N-dealkylation sites (tertiary alicyclic amines) is 1. The SMILES string of the molecule is CC1CCCN(C(=O)CCC2CCNC2)C1CN. The van der Waals surface area contributed by atoms with Gasteiger partial charge in [0.15, 0.2) is 0 Å². The summed E-state index contributed by atoms with van der Waals surface area (Å²) in [5.74, 6) is 1.58. The van der Waals surface area contributed by atoms with Crippen LogP contribution in [0.3, 0.4) is 0 Å². The molecule has 0 aliphatic carbocycles. The van der Waals surface area contributed by atoms with Crippen LogP contribution in [0.4, 0.5) is 0 Å². The van der Waals surface area contributed by atoms with E-state index >= 15 is 0 Å². The maximum Gasteiger partial charge on any atom is 0.222 e. The van der Waals surface area contributed by atoms with Crippen molar-refractivity contribution in [2.45, 2.75) is 45.1 Å². The molecule has 2 saturated heterocycles. The fourth-order valence-corrected chi connectivity index (χ4v) is 3.35. The van der Waals surface area contributed by atoms with Crippen molar-refractivity contribution in [3.63, 3.8) is 0 Å². The van der Waals surface area contributed by atoms with E-state index < -0.39 is 0 Å². The minimum atomic E-state index is 0.271. The lowest BCUT2D eigenvalue weighted by atomic mass is 9.90. The van der Waals surface area contributed by atoms with Gasteiger partial charge in [-0.1, -0.05) is 6.92 Å². The quantitative estimate of drug-likeness (QED) is 0.784.